The second-order valence-corrected chi connectivity index (χ2v) is 6.36. The van der Waals surface area contributed by atoms with Crippen molar-refractivity contribution < 1.29 is 0 Å². The fourth-order valence-electron chi connectivity index (χ4n) is 2.38. The van der Waals surface area contributed by atoms with E-state index in [1.807, 2.05) is 13.8 Å². The summed E-state index contributed by atoms with van der Waals surface area (Å²) in [7, 11) is 0. The van der Waals surface area contributed by atoms with Crippen LogP contribution in [0.3, 0.4) is 0 Å². The molecular weight excluding hydrogens is 220 g/mol. The summed E-state index contributed by atoms with van der Waals surface area (Å²) in [5.74, 6) is 1.27. The monoisotopic (exact) mass is 252 g/mol. The fraction of sp³-hybridized carbons (Fsp3) is 0.812. The number of rotatable bonds is 5. The van der Waals surface area contributed by atoms with Crippen molar-refractivity contribution in [1.82, 2.24) is 9.78 Å². The quantitative estimate of drug-likeness (QED) is 0.712. The lowest BCUT2D eigenvalue weighted by atomic mass is 9.84. The molecular formula is C16H32N2. The van der Waals surface area contributed by atoms with Crippen LogP contribution >= 0.6 is 0 Å². The molecule has 0 bridgehead atoms. The van der Waals surface area contributed by atoms with Crippen molar-refractivity contribution in [2.45, 2.75) is 74.3 Å². The molecule has 0 spiro atoms. The van der Waals surface area contributed by atoms with Crippen LogP contribution in [0, 0.1) is 11.3 Å². The van der Waals surface area contributed by atoms with Gasteiger partial charge in [0.1, 0.15) is 0 Å². The summed E-state index contributed by atoms with van der Waals surface area (Å²) < 4.78 is 2.09. The molecule has 0 unspecified atom stereocenters. The van der Waals surface area contributed by atoms with Gasteiger partial charge in [0.2, 0.25) is 0 Å². The number of hydrogen-bond acceptors (Lipinski definition) is 1. The largest absolute Gasteiger partial charge is 0.272 e. The van der Waals surface area contributed by atoms with Gasteiger partial charge in [-0.15, -0.1) is 0 Å². The maximum Gasteiger partial charge on any atom is 0.0649 e. The van der Waals surface area contributed by atoms with Crippen LogP contribution < -0.4 is 0 Å². The van der Waals surface area contributed by atoms with Gasteiger partial charge in [0.15, 0.2) is 0 Å². The molecule has 0 saturated heterocycles. The Morgan fingerprint density at radius 1 is 1.17 bits per heavy atom. The van der Waals surface area contributed by atoms with E-state index in [4.69, 9.17) is 0 Å². The zero-order valence-electron chi connectivity index (χ0n) is 13.6. The maximum absolute atomic E-state index is 4.62. The molecule has 0 atom stereocenters. The van der Waals surface area contributed by atoms with E-state index in [0.717, 1.165) is 12.5 Å². The summed E-state index contributed by atoms with van der Waals surface area (Å²) in [5, 5.41) is 4.62. The van der Waals surface area contributed by atoms with Gasteiger partial charge in [-0.1, -0.05) is 55.4 Å². The summed E-state index contributed by atoms with van der Waals surface area (Å²) in [6.07, 6.45) is 3.35. The molecule has 0 radical (unpaired) electrons. The Morgan fingerprint density at radius 2 is 1.72 bits per heavy atom. The minimum atomic E-state index is 0.328. The lowest BCUT2D eigenvalue weighted by Crippen LogP contribution is -2.22. The second-order valence-electron chi connectivity index (χ2n) is 6.36. The van der Waals surface area contributed by atoms with Crippen LogP contribution in [-0.2, 0) is 6.54 Å². The highest BCUT2D eigenvalue weighted by molar-refractivity contribution is 5.03. The standard InChI is InChI=1S/C14H26N2.C2H6/c1-11(2)9-14(5,6)10-16-8-7-13(15-16)12(3)4;1-2/h7-8,11-12H,9-10H2,1-6H3;1-2H3. The van der Waals surface area contributed by atoms with Crippen molar-refractivity contribution in [1.29, 1.82) is 0 Å². The van der Waals surface area contributed by atoms with Gasteiger partial charge >= 0.3 is 0 Å². The molecule has 1 aromatic rings. The van der Waals surface area contributed by atoms with E-state index < -0.39 is 0 Å². The summed E-state index contributed by atoms with van der Waals surface area (Å²) >= 11 is 0. The molecule has 0 aliphatic heterocycles. The predicted molar refractivity (Wildman–Crippen MR) is 80.9 cm³/mol. The molecule has 2 heteroatoms. The van der Waals surface area contributed by atoms with Crippen molar-refractivity contribution in [2.75, 3.05) is 0 Å². The third-order valence-corrected chi connectivity index (χ3v) is 2.80. The predicted octanol–water partition coefficient (Wildman–Crippen LogP) is 5.11. The van der Waals surface area contributed by atoms with Gasteiger partial charge in [0.25, 0.3) is 0 Å². The van der Waals surface area contributed by atoms with Gasteiger partial charge in [-0.25, -0.2) is 0 Å². The minimum absolute atomic E-state index is 0.328. The summed E-state index contributed by atoms with van der Waals surface area (Å²) in [5.41, 5.74) is 1.52. The van der Waals surface area contributed by atoms with Gasteiger partial charge in [-0.2, -0.15) is 5.10 Å². The molecule has 0 amide bonds. The van der Waals surface area contributed by atoms with Crippen LogP contribution in [0.15, 0.2) is 12.3 Å². The Labute approximate surface area is 114 Å². The molecule has 1 rings (SSSR count). The van der Waals surface area contributed by atoms with Crippen molar-refractivity contribution in [3.8, 4) is 0 Å². The SMILES string of the molecule is CC.CC(C)CC(C)(C)Cn1ccc(C(C)C)n1. The van der Waals surface area contributed by atoms with Crippen LogP contribution in [0.25, 0.3) is 0 Å². The zero-order chi connectivity index (χ0) is 14.3. The van der Waals surface area contributed by atoms with Gasteiger partial charge in [0.05, 0.1) is 5.69 Å². The molecule has 1 heterocycles. The summed E-state index contributed by atoms with van der Waals surface area (Å²) in [4.78, 5) is 0. The van der Waals surface area contributed by atoms with Crippen LogP contribution in [0.2, 0.25) is 0 Å². The molecule has 1 aromatic heterocycles. The Bertz CT molecular complexity index is 322. The third kappa shape index (κ3) is 6.23. The van der Waals surface area contributed by atoms with Crippen LogP contribution in [0.4, 0.5) is 0 Å². The first-order valence-electron chi connectivity index (χ1n) is 7.33. The average molecular weight is 252 g/mol. The van der Waals surface area contributed by atoms with Crippen LogP contribution in [-0.4, -0.2) is 9.78 Å². The van der Waals surface area contributed by atoms with Crippen LogP contribution in [0.1, 0.15) is 73.4 Å². The van der Waals surface area contributed by atoms with Gasteiger partial charge < -0.3 is 0 Å². The Kier molecular flexibility index (Phi) is 7.27. The molecule has 0 fully saturated rings. The van der Waals surface area contributed by atoms with Gasteiger partial charge in [-0.05, 0) is 29.7 Å². The molecule has 18 heavy (non-hydrogen) atoms. The fourth-order valence-corrected chi connectivity index (χ4v) is 2.38. The minimum Gasteiger partial charge on any atom is -0.272 e. The van der Waals surface area contributed by atoms with E-state index in [-0.39, 0.29) is 0 Å². The second kappa shape index (κ2) is 7.60. The highest BCUT2D eigenvalue weighted by Gasteiger charge is 2.20. The molecule has 106 valence electrons. The van der Waals surface area contributed by atoms with Crippen molar-refractivity contribution in [3.05, 3.63) is 18.0 Å². The topological polar surface area (TPSA) is 17.8 Å². The number of hydrogen-bond donors (Lipinski definition) is 0. The Balaban J connectivity index is 0.00000137. The maximum atomic E-state index is 4.62. The number of aromatic nitrogens is 2. The van der Waals surface area contributed by atoms with E-state index in [0.29, 0.717) is 11.3 Å². The third-order valence-electron chi connectivity index (χ3n) is 2.80. The average Bonchev–Trinajstić information content (AvgIpc) is 2.66. The smallest absolute Gasteiger partial charge is 0.0649 e. The molecule has 0 aliphatic carbocycles. The summed E-state index contributed by atoms with van der Waals surface area (Å²) in [6.45, 7) is 18.6. The van der Waals surface area contributed by atoms with Gasteiger partial charge in [-0.3, -0.25) is 4.68 Å². The van der Waals surface area contributed by atoms with E-state index in [9.17, 15) is 0 Å². The van der Waals surface area contributed by atoms with Crippen molar-refractivity contribution in [3.63, 3.8) is 0 Å². The van der Waals surface area contributed by atoms with E-state index >= 15 is 0 Å². The Morgan fingerprint density at radius 3 is 2.11 bits per heavy atom. The molecule has 0 N–H and O–H groups in total. The number of nitrogens with zero attached hydrogens (tertiary/aromatic N) is 2. The van der Waals surface area contributed by atoms with Crippen molar-refractivity contribution in [2.24, 2.45) is 11.3 Å². The highest BCUT2D eigenvalue weighted by Crippen LogP contribution is 2.27. The molecule has 0 aromatic carbocycles. The normalized spacial score (nSPS) is 11.7. The van der Waals surface area contributed by atoms with E-state index in [1.54, 1.807) is 0 Å². The Hall–Kier alpha value is -0.790. The first-order valence-corrected chi connectivity index (χ1v) is 7.33. The van der Waals surface area contributed by atoms with Crippen LogP contribution in [0.5, 0.6) is 0 Å². The first kappa shape index (κ1) is 17.2. The van der Waals surface area contributed by atoms with E-state index in [1.165, 1.54) is 12.1 Å². The molecule has 2 nitrogen and oxygen atoms in total. The first-order chi connectivity index (χ1) is 8.30. The van der Waals surface area contributed by atoms with Crippen molar-refractivity contribution >= 4 is 0 Å². The zero-order valence-corrected chi connectivity index (χ0v) is 13.6. The molecule has 0 aliphatic rings. The molecule has 0 saturated carbocycles. The lowest BCUT2D eigenvalue weighted by Gasteiger charge is -2.26. The van der Waals surface area contributed by atoms with Gasteiger partial charge in [0, 0.05) is 12.7 Å². The lowest BCUT2D eigenvalue weighted by molar-refractivity contribution is 0.235. The van der Waals surface area contributed by atoms with E-state index in [2.05, 4.69) is 63.6 Å². The highest BCUT2D eigenvalue weighted by atomic mass is 15.3. The summed E-state index contributed by atoms with van der Waals surface area (Å²) in [6, 6.07) is 2.14.